The van der Waals surface area contributed by atoms with Crippen LogP contribution in [0.3, 0.4) is 0 Å². The van der Waals surface area contributed by atoms with Crippen LogP contribution >= 0.6 is 0 Å². The van der Waals surface area contributed by atoms with Crippen LogP contribution in [-0.2, 0) is 14.8 Å². The molecular weight excluding hydrogens is 280 g/mol. The van der Waals surface area contributed by atoms with Crippen molar-refractivity contribution in [3.05, 3.63) is 18.2 Å². The summed E-state index contributed by atoms with van der Waals surface area (Å²) in [7, 11) is -2.21. The Kier molecular flexibility index (Phi) is 4.61. The summed E-state index contributed by atoms with van der Waals surface area (Å²) in [5.41, 5.74) is 11.3. The molecule has 0 bridgehead atoms. The number of hydrogen-bond donors (Lipinski definition) is 4. The lowest BCUT2D eigenvalue weighted by molar-refractivity contribution is -0.118. The topological polar surface area (TPSA) is 127 Å². The summed E-state index contributed by atoms with van der Waals surface area (Å²) in [5, 5.41) is 3.07. The van der Waals surface area contributed by atoms with Crippen molar-refractivity contribution in [2.45, 2.75) is 30.7 Å². The molecule has 0 aliphatic heterocycles. The maximum atomic E-state index is 11.6. The number of nitrogen functional groups attached to an aromatic ring is 1. The molecule has 0 aromatic heterocycles. The lowest BCUT2D eigenvalue weighted by atomic mass is 9.99. The molecule has 0 aliphatic carbocycles. The Morgan fingerprint density at radius 3 is 2.40 bits per heavy atom. The van der Waals surface area contributed by atoms with Crippen LogP contribution in [0.4, 0.5) is 11.4 Å². The fourth-order valence-electron chi connectivity index (χ4n) is 1.78. The summed E-state index contributed by atoms with van der Waals surface area (Å²) in [4.78, 5) is 11.1. The highest BCUT2D eigenvalue weighted by atomic mass is 32.2. The molecule has 1 amide bonds. The van der Waals surface area contributed by atoms with Gasteiger partial charge in [0.2, 0.25) is 15.9 Å². The van der Waals surface area contributed by atoms with Gasteiger partial charge in [0.05, 0.1) is 16.3 Å². The van der Waals surface area contributed by atoms with Gasteiger partial charge in [-0.1, -0.05) is 0 Å². The van der Waals surface area contributed by atoms with E-state index in [0.717, 1.165) is 0 Å². The van der Waals surface area contributed by atoms with Crippen molar-refractivity contribution in [3.63, 3.8) is 0 Å². The van der Waals surface area contributed by atoms with Gasteiger partial charge in [-0.05, 0) is 39.1 Å². The van der Waals surface area contributed by atoms with Gasteiger partial charge in [0.1, 0.15) is 0 Å². The van der Waals surface area contributed by atoms with E-state index in [1.807, 2.05) is 0 Å². The van der Waals surface area contributed by atoms with Gasteiger partial charge in [-0.25, -0.2) is 13.1 Å². The van der Waals surface area contributed by atoms with Crippen molar-refractivity contribution in [1.29, 1.82) is 0 Å². The second-order valence-electron chi connectivity index (χ2n) is 5.11. The van der Waals surface area contributed by atoms with Gasteiger partial charge in [-0.2, -0.15) is 0 Å². The average molecular weight is 300 g/mol. The van der Waals surface area contributed by atoms with E-state index in [4.69, 9.17) is 11.5 Å². The standard InChI is InChI=1S/C12H20N4O3S/c1-12(2,7-11(14)17)16-10-5-4-8(6-9(10)13)20(18,19)15-3/h4-6,15-16H,7,13H2,1-3H3,(H2,14,17). The number of rotatable bonds is 6. The maximum Gasteiger partial charge on any atom is 0.240 e. The molecule has 0 unspecified atom stereocenters. The Morgan fingerprint density at radius 2 is 1.95 bits per heavy atom. The highest BCUT2D eigenvalue weighted by Crippen LogP contribution is 2.26. The molecule has 1 rings (SSSR count). The smallest absolute Gasteiger partial charge is 0.240 e. The minimum Gasteiger partial charge on any atom is -0.397 e. The first-order valence-corrected chi connectivity index (χ1v) is 7.45. The molecule has 20 heavy (non-hydrogen) atoms. The number of sulfonamides is 1. The number of hydrogen-bond acceptors (Lipinski definition) is 5. The Labute approximate surface area is 118 Å². The normalized spacial score (nSPS) is 12.2. The minimum atomic E-state index is -3.53. The number of nitrogens with one attached hydrogen (secondary N) is 2. The fourth-order valence-corrected chi connectivity index (χ4v) is 2.55. The lowest BCUT2D eigenvalue weighted by Gasteiger charge is -2.27. The van der Waals surface area contributed by atoms with Gasteiger partial charge in [-0.15, -0.1) is 0 Å². The molecule has 1 aromatic carbocycles. The average Bonchev–Trinajstić information content (AvgIpc) is 2.29. The van der Waals surface area contributed by atoms with Gasteiger partial charge in [0.15, 0.2) is 0 Å². The molecule has 0 saturated carbocycles. The third kappa shape index (κ3) is 4.10. The van der Waals surface area contributed by atoms with E-state index in [2.05, 4.69) is 10.0 Å². The minimum absolute atomic E-state index is 0.0794. The third-order valence-corrected chi connectivity index (χ3v) is 4.10. The summed E-state index contributed by atoms with van der Waals surface area (Å²) in [6.45, 7) is 3.60. The molecule has 0 atom stereocenters. The fraction of sp³-hybridized carbons (Fsp3) is 0.417. The molecule has 1 aromatic rings. The van der Waals surface area contributed by atoms with E-state index in [1.54, 1.807) is 19.9 Å². The summed E-state index contributed by atoms with van der Waals surface area (Å²) >= 11 is 0. The van der Waals surface area contributed by atoms with Crippen LogP contribution in [-0.4, -0.2) is 26.9 Å². The van der Waals surface area contributed by atoms with Crippen molar-refractivity contribution in [1.82, 2.24) is 4.72 Å². The number of benzene rings is 1. The molecule has 0 radical (unpaired) electrons. The number of primary amides is 1. The summed E-state index contributed by atoms with van der Waals surface area (Å²) in [6, 6.07) is 4.35. The van der Waals surface area contributed by atoms with Gasteiger partial charge in [0.25, 0.3) is 0 Å². The molecule has 0 heterocycles. The monoisotopic (exact) mass is 300 g/mol. The van der Waals surface area contributed by atoms with Crippen LogP contribution in [0.15, 0.2) is 23.1 Å². The van der Waals surface area contributed by atoms with Gasteiger partial charge >= 0.3 is 0 Å². The lowest BCUT2D eigenvalue weighted by Crippen LogP contribution is -2.36. The van der Waals surface area contributed by atoms with Crippen molar-refractivity contribution in [2.24, 2.45) is 5.73 Å². The van der Waals surface area contributed by atoms with E-state index >= 15 is 0 Å². The van der Waals surface area contributed by atoms with Gasteiger partial charge in [-0.3, -0.25) is 4.79 Å². The van der Waals surface area contributed by atoms with Crippen LogP contribution in [0.25, 0.3) is 0 Å². The Morgan fingerprint density at radius 1 is 1.35 bits per heavy atom. The van der Waals surface area contributed by atoms with Crippen LogP contribution in [0.1, 0.15) is 20.3 Å². The summed E-state index contributed by atoms with van der Waals surface area (Å²) < 4.78 is 25.5. The predicted octanol–water partition coefficient (Wildman–Crippen LogP) is 0.243. The predicted molar refractivity (Wildman–Crippen MR) is 78.6 cm³/mol. The zero-order chi connectivity index (χ0) is 15.6. The molecule has 0 spiro atoms. The number of anilines is 2. The van der Waals surface area contributed by atoms with Gasteiger partial charge in [0, 0.05) is 12.0 Å². The SMILES string of the molecule is CNS(=O)(=O)c1ccc(NC(C)(C)CC(N)=O)c(N)c1. The van der Waals surface area contributed by atoms with Crippen molar-refractivity contribution >= 4 is 27.3 Å². The quantitative estimate of drug-likeness (QED) is 0.560. The van der Waals surface area contributed by atoms with E-state index in [1.165, 1.54) is 19.2 Å². The third-order valence-electron chi connectivity index (χ3n) is 2.69. The molecule has 8 heteroatoms. The summed E-state index contributed by atoms with van der Waals surface area (Å²) in [5.74, 6) is -0.435. The van der Waals surface area contributed by atoms with Crippen molar-refractivity contribution in [3.8, 4) is 0 Å². The number of carbonyl (C=O) groups excluding carboxylic acids is 1. The molecule has 6 N–H and O–H groups in total. The molecule has 0 fully saturated rings. The first kappa shape index (κ1) is 16.3. The summed E-state index contributed by atoms with van der Waals surface area (Å²) in [6.07, 6.45) is 0.128. The van der Waals surface area contributed by atoms with Crippen LogP contribution in [0.2, 0.25) is 0 Å². The number of amides is 1. The van der Waals surface area contributed by atoms with Crippen LogP contribution < -0.4 is 21.5 Å². The second-order valence-corrected chi connectivity index (χ2v) is 7.00. The number of carbonyl (C=O) groups is 1. The highest BCUT2D eigenvalue weighted by molar-refractivity contribution is 7.89. The van der Waals surface area contributed by atoms with E-state index in [0.29, 0.717) is 5.69 Å². The van der Waals surface area contributed by atoms with Crippen LogP contribution in [0.5, 0.6) is 0 Å². The van der Waals surface area contributed by atoms with Crippen LogP contribution in [0, 0.1) is 0 Å². The largest absolute Gasteiger partial charge is 0.397 e. The molecule has 7 nitrogen and oxygen atoms in total. The zero-order valence-corrected chi connectivity index (χ0v) is 12.5. The van der Waals surface area contributed by atoms with E-state index in [9.17, 15) is 13.2 Å². The van der Waals surface area contributed by atoms with Crippen molar-refractivity contribution in [2.75, 3.05) is 18.1 Å². The second kappa shape index (κ2) is 5.68. The Hall–Kier alpha value is -1.80. The first-order valence-electron chi connectivity index (χ1n) is 5.97. The van der Waals surface area contributed by atoms with Gasteiger partial charge < -0.3 is 16.8 Å². The first-order chi connectivity index (χ1) is 9.07. The van der Waals surface area contributed by atoms with E-state index < -0.39 is 21.5 Å². The molecule has 112 valence electrons. The van der Waals surface area contributed by atoms with Crippen molar-refractivity contribution < 1.29 is 13.2 Å². The Bertz CT molecular complexity index is 611. The van der Waals surface area contributed by atoms with E-state index in [-0.39, 0.29) is 17.0 Å². The number of nitrogens with two attached hydrogens (primary N) is 2. The molecule has 0 aliphatic rings. The Balaban J connectivity index is 3.03. The highest BCUT2D eigenvalue weighted by Gasteiger charge is 2.22. The molecular formula is C12H20N4O3S. The maximum absolute atomic E-state index is 11.6. The molecule has 0 saturated heterocycles. The zero-order valence-electron chi connectivity index (χ0n) is 11.7.